The fourth-order valence-corrected chi connectivity index (χ4v) is 5.53. The van der Waals surface area contributed by atoms with Gasteiger partial charge in [-0.1, -0.05) is 54.6 Å². The van der Waals surface area contributed by atoms with Crippen molar-refractivity contribution in [3.05, 3.63) is 121 Å². The third-order valence-electron chi connectivity index (χ3n) is 7.10. The minimum Gasteiger partial charge on any atom is -0.343 e. The molecule has 0 bridgehead atoms. The summed E-state index contributed by atoms with van der Waals surface area (Å²) in [5, 5.41) is 8.83. The van der Waals surface area contributed by atoms with Crippen LogP contribution in [0.1, 0.15) is 11.1 Å². The van der Waals surface area contributed by atoms with Gasteiger partial charge in [-0.25, -0.2) is 18.4 Å². The van der Waals surface area contributed by atoms with Gasteiger partial charge in [0, 0.05) is 54.1 Å². The Morgan fingerprint density at radius 2 is 1.63 bits per heavy atom. The molecule has 0 radical (unpaired) electrons. The van der Waals surface area contributed by atoms with E-state index in [2.05, 4.69) is 104 Å². The number of nitrogens with zero attached hydrogens (tertiary/aromatic N) is 3. The van der Waals surface area contributed by atoms with Crippen molar-refractivity contribution in [3.8, 4) is 11.1 Å². The Bertz CT molecular complexity index is 1930. The van der Waals surface area contributed by atoms with E-state index in [1.807, 2.05) is 24.3 Å². The first-order valence-corrected chi connectivity index (χ1v) is 15.6. The number of sulfone groups is 1. The van der Waals surface area contributed by atoms with Crippen molar-refractivity contribution in [2.45, 2.75) is 13.1 Å². The monoisotopic (exact) mass is 561 g/mol. The summed E-state index contributed by atoms with van der Waals surface area (Å²) in [5.41, 5.74) is 7.49. The molecule has 0 spiro atoms. The Hall–Kier alpha value is -4.53. The molecule has 0 aliphatic heterocycles. The van der Waals surface area contributed by atoms with Gasteiger partial charge in [0.25, 0.3) is 0 Å². The van der Waals surface area contributed by atoms with Gasteiger partial charge in [0.15, 0.2) is 0 Å². The largest absolute Gasteiger partial charge is 0.343 e. The normalized spacial score (nSPS) is 11.7. The van der Waals surface area contributed by atoms with Crippen molar-refractivity contribution in [1.29, 1.82) is 0 Å². The van der Waals surface area contributed by atoms with Gasteiger partial charge in [-0.05, 0) is 64.7 Å². The number of fused-ring (bicyclic) bond motifs is 2. The maximum absolute atomic E-state index is 11.4. The van der Waals surface area contributed by atoms with Crippen LogP contribution in [-0.4, -0.2) is 41.5 Å². The summed E-state index contributed by atoms with van der Waals surface area (Å²) in [4.78, 5) is 9.06. The molecule has 0 fully saturated rings. The van der Waals surface area contributed by atoms with Gasteiger partial charge in [-0.3, -0.25) is 0 Å². The first-order valence-electron chi connectivity index (χ1n) is 13.5. The number of anilines is 2. The summed E-state index contributed by atoms with van der Waals surface area (Å²) in [6, 6.07) is 33.4. The molecule has 8 heteroatoms. The van der Waals surface area contributed by atoms with Gasteiger partial charge >= 0.3 is 0 Å². The Labute approximate surface area is 239 Å². The standard InChI is InChI=1S/C33H31N5O2S/c1-41(39,40)17-15-34-21-25-8-5-9-26(18-25)27-10-12-31-30(20-27)33(36-23-35-31)37-29-11-13-32-28(19-29)14-16-38(32)22-24-6-3-2-4-7-24/h2-14,16,18-20,23,34H,15,17,21-22H2,1H3,(H,35,36,37). The van der Waals surface area contributed by atoms with Crippen LogP contribution in [0.25, 0.3) is 32.9 Å². The predicted molar refractivity (Wildman–Crippen MR) is 167 cm³/mol. The zero-order valence-electron chi connectivity index (χ0n) is 22.8. The summed E-state index contributed by atoms with van der Waals surface area (Å²) < 4.78 is 25.1. The second-order valence-corrected chi connectivity index (χ2v) is 12.5. The topological polar surface area (TPSA) is 88.9 Å². The quantitative estimate of drug-likeness (QED) is 0.194. The van der Waals surface area contributed by atoms with Gasteiger partial charge in [0.05, 0.1) is 11.3 Å². The van der Waals surface area contributed by atoms with Crippen molar-refractivity contribution >= 4 is 43.1 Å². The van der Waals surface area contributed by atoms with E-state index in [9.17, 15) is 8.42 Å². The van der Waals surface area contributed by atoms with Crippen LogP contribution in [0.4, 0.5) is 11.5 Å². The number of aromatic nitrogens is 3. The third-order valence-corrected chi connectivity index (χ3v) is 8.05. The zero-order chi connectivity index (χ0) is 28.2. The summed E-state index contributed by atoms with van der Waals surface area (Å²) in [5.74, 6) is 0.873. The van der Waals surface area contributed by atoms with E-state index in [1.54, 1.807) is 6.33 Å². The number of benzene rings is 4. The molecule has 6 rings (SSSR count). The molecule has 2 aromatic heterocycles. The number of nitrogens with one attached hydrogen (secondary N) is 2. The first-order chi connectivity index (χ1) is 19.9. The highest BCUT2D eigenvalue weighted by Crippen LogP contribution is 2.30. The minimum atomic E-state index is -2.98. The molecule has 7 nitrogen and oxygen atoms in total. The second kappa shape index (κ2) is 11.5. The van der Waals surface area contributed by atoms with Gasteiger partial charge in [0.2, 0.25) is 0 Å². The van der Waals surface area contributed by atoms with Crippen LogP contribution in [0, 0.1) is 0 Å². The molecule has 0 amide bonds. The zero-order valence-corrected chi connectivity index (χ0v) is 23.6. The van der Waals surface area contributed by atoms with E-state index in [-0.39, 0.29) is 5.75 Å². The molecule has 41 heavy (non-hydrogen) atoms. The van der Waals surface area contributed by atoms with E-state index < -0.39 is 9.84 Å². The van der Waals surface area contributed by atoms with Gasteiger partial charge in [-0.15, -0.1) is 0 Å². The molecule has 2 N–H and O–H groups in total. The summed E-state index contributed by atoms with van der Waals surface area (Å²) >= 11 is 0. The second-order valence-electron chi connectivity index (χ2n) is 10.3. The Kier molecular flexibility index (Phi) is 7.50. The Morgan fingerprint density at radius 1 is 0.805 bits per heavy atom. The van der Waals surface area contributed by atoms with Crippen LogP contribution in [-0.2, 0) is 22.9 Å². The number of hydrogen-bond acceptors (Lipinski definition) is 6. The van der Waals surface area contributed by atoms with Crippen LogP contribution >= 0.6 is 0 Å². The molecule has 0 unspecified atom stereocenters. The molecule has 6 aromatic rings. The highest BCUT2D eigenvalue weighted by Gasteiger charge is 2.09. The maximum atomic E-state index is 11.4. The smallest absolute Gasteiger partial charge is 0.148 e. The fraction of sp³-hybridized carbons (Fsp3) is 0.152. The summed E-state index contributed by atoms with van der Waals surface area (Å²) in [6.07, 6.45) is 4.97. The van der Waals surface area contributed by atoms with Crippen molar-refractivity contribution in [2.75, 3.05) is 23.9 Å². The Balaban J connectivity index is 1.23. The molecule has 0 saturated heterocycles. The van der Waals surface area contributed by atoms with Gasteiger partial charge in [0.1, 0.15) is 22.0 Å². The average molecular weight is 562 g/mol. The summed E-state index contributed by atoms with van der Waals surface area (Å²) in [6.45, 7) is 1.85. The van der Waals surface area contributed by atoms with E-state index >= 15 is 0 Å². The van der Waals surface area contributed by atoms with Crippen LogP contribution in [0.15, 0.2) is 110 Å². The highest BCUT2D eigenvalue weighted by atomic mass is 32.2. The lowest BCUT2D eigenvalue weighted by molar-refractivity contribution is 0.596. The highest BCUT2D eigenvalue weighted by molar-refractivity contribution is 7.90. The molecular formula is C33H31N5O2S. The lowest BCUT2D eigenvalue weighted by atomic mass is 10.0. The molecule has 0 aliphatic carbocycles. The minimum absolute atomic E-state index is 0.125. The molecule has 2 heterocycles. The third kappa shape index (κ3) is 6.45. The molecule has 4 aromatic carbocycles. The van der Waals surface area contributed by atoms with E-state index in [0.717, 1.165) is 51.0 Å². The van der Waals surface area contributed by atoms with E-state index in [1.165, 1.54) is 17.3 Å². The number of rotatable bonds is 10. The molecule has 0 aliphatic rings. The van der Waals surface area contributed by atoms with Crippen molar-refractivity contribution in [1.82, 2.24) is 19.9 Å². The van der Waals surface area contributed by atoms with Crippen LogP contribution in [0.2, 0.25) is 0 Å². The van der Waals surface area contributed by atoms with Crippen molar-refractivity contribution in [2.24, 2.45) is 0 Å². The lowest BCUT2D eigenvalue weighted by Crippen LogP contribution is -2.21. The lowest BCUT2D eigenvalue weighted by Gasteiger charge is -2.12. The average Bonchev–Trinajstić information content (AvgIpc) is 3.37. The van der Waals surface area contributed by atoms with E-state index in [0.29, 0.717) is 13.1 Å². The molecule has 0 atom stereocenters. The van der Waals surface area contributed by atoms with Crippen molar-refractivity contribution in [3.63, 3.8) is 0 Å². The van der Waals surface area contributed by atoms with E-state index in [4.69, 9.17) is 0 Å². The van der Waals surface area contributed by atoms with Gasteiger partial charge in [-0.2, -0.15) is 0 Å². The van der Waals surface area contributed by atoms with Crippen LogP contribution in [0.5, 0.6) is 0 Å². The molecular weight excluding hydrogens is 530 g/mol. The van der Waals surface area contributed by atoms with Crippen LogP contribution in [0.3, 0.4) is 0 Å². The predicted octanol–water partition coefficient (Wildman–Crippen LogP) is 6.18. The fourth-order valence-electron chi connectivity index (χ4n) is 5.02. The summed E-state index contributed by atoms with van der Waals surface area (Å²) in [7, 11) is -2.98. The SMILES string of the molecule is CS(=O)(=O)CCNCc1cccc(-c2ccc3ncnc(Nc4ccc5c(ccn5Cc5ccccc5)c4)c3c2)c1. The van der Waals surface area contributed by atoms with Crippen molar-refractivity contribution < 1.29 is 8.42 Å². The number of hydrogen-bond donors (Lipinski definition) is 2. The molecule has 206 valence electrons. The maximum Gasteiger partial charge on any atom is 0.148 e. The first kappa shape index (κ1) is 26.7. The van der Waals surface area contributed by atoms with Gasteiger partial charge < -0.3 is 15.2 Å². The molecule has 0 saturated carbocycles. The Morgan fingerprint density at radius 3 is 2.49 bits per heavy atom. The van der Waals surface area contributed by atoms with Crippen LogP contribution < -0.4 is 10.6 Å².